The van der Waals surface area contributed by atoms with Gasteiger partial charge in [0.25, 0.3) is 0 Å². The Hall–Kier alpha value is -1.30. The summed E-state index contributed by atoms with van der Waals surface area (Å²) in [5.74, 6) is 0. The van der Waals surface area contributed by atoms with Crippen molar-refractivity contribution < 1.29 is 14.3 Å². The molecule has 21 heavy (non-hydrogen) atoms. The Morgan fingerprint density at radius 1 is 1.24 bits per heavy atom. The number of amides is 2. The van der Waals surface area contributed by atoms with Crippen LogP contribution in [0, 0.1) is 0 Å². The monoisotopic (exact) mass is 314 g/mol. The number of hydrogen-bond acceptors (Lipinski definition) is 3. The van der Waals surface area contributed by atoms with E-state index in [4.69, 9.17) is 21.1 Å². The minimum atomic E-state index is -0.105. The highest BCUT2D eigenvalue weighted by Crippen LogP contribution is 2.10. The van der Waals surface area contributed by atoms with Crippen LogP contribution in [0.25, 0.3) is 0 Å². The molecule has 0 atom stereocenters. The second kappa shape index (κ2) is 10.4. The third kappa shape index (κ3) is 7.32. The minimum absolute atomic E-state index is 0.105. The summed E-state index contributed by atoms with van der Waals surface area (Å²) < 4.78 is 10.0. The molecule has 2 amide bonds. The van der Waals surface area contributed by atoms with Gasteiger partial charge in [-0.05, 0) is 24.1 Å². The van der Waals surface area contributed by atoms with Gasteiger partial charge in [-0.15, -0.1) is 0 Å². The number of hydrogen-bond donors (Lipinski definition) is 1. The van der Waals surface area contributed by atoms with Crippen LogP contribution >= 0.6 is 11.6 Å². The maximum absolute atomic E-state index is 12.1. The van der Waals surface area contributed by atoms with Gasteiger partial charge in [-0.1, -0.05) is 23.7 Å². The molecule has 0 heterocycles. The summed E-state index contributed by atoms with van der Waals surface area (Å²) in [4.78, 5) is 13.8. The van der Waals surface area contributed by atoms with E-state index < -0.39 is 0 Å². The van der Waals surface area contributed by atoms with E-state index in [1.54, 1.807) is 19.1 Å². The van der Waals surface area contributed by atoms with Gasteiger partial charge in [0, 0.05) is 38.9 Å². The smallest absolute Gasteiger partial charge is 0.317 e. The van der Waals surface area contributed by atoms with Crippen molar-refractivity contribution in [1.29, 1.82) is 0 Å². The Morgan fingerprint density at radius 3 is 2.48 bits per heavy atom. The van der Waals surface area contributed by atoms with Gasteiger partial charge in [0.2, 0.25) is 0 Å². The Kier molecular flexibility index (Phi) is 8.82. The molecule has 5 nitrogen and oxygen atoms in total. The normalized spacial score (nSPS) is 10.4. The topological polar surface area (TPSA) is 50.8 Å². The van der Waals surface area contributed by atoms with Crippen LogP contribution in [0.4, 0.5) is 4.79 Å². The number of carbonyl (C=O) groups is 1. The van der Waals surface area contributed by atoms with Gasteiger partial charge >= 0.3 is 6.03 Å². The first-order valence-corrected chi connectivity index (χ1v) is 7.30. The van der Waals surface area contributed by atoms with Crippen LogP contribution < -0.4 is 5.32 Å². The molecule has 0 bridgehead atoms. The number of rotatable bonds is 9. The van der Waals surface area contributed by atoms with Crippen LogP contribution in [0.1, 0.15) is 5.56 Å². The first-order valence-electron chi connectivity index (χ1n) is 6.92. The molecule has 0 spiro atoms. The van der Waals surface area contributed by atoms with Crippen molar-refractivity contribution in [3.63, 3.8) is 0 Å². The predicted octanol–water partition coefficient (Wildman–Crippen LogP) is 2.19. The summed E-state index contributed by atoms with van der Waals surface area (Å²) >= 11 is 5.93. The zero-order valence-corrected chi connectivity index (χ0v) is 13.4. The van der Waals surface area contributed by atoms with Crippen LogP contribution in [-0.2, 0) is 15.9 Å². The lowest BCUT2D eigenvalue weighted by molar-refractivity contribution is 0.122. The van der Waals surface area contributed by atoms with E-state index in [9.17, 15) is 4.79 Å². The third-order valence-corrected chi connectivity index (χ3v) is 3.23. The molecule has 0 saturated heterocycles. The molecule has 0 aliphatic heterocycles. The lowest BCUT2D eigenvalue weighted by Gasteiger charge is -2.22. The van der Waals surface area contributed by atoms with E-state index in [-0.39, 0.29) is 6.03 Å². The van der Waals surface area contributed by atoms with Crippen molar-refractivity contribution >= 4 is 17.6 Å². The summed E-state index contributed by atoms with van der Waals surface area (Å²) in [7, 11) is 3.23. The van der Waals surface area contributed by atoms with Gasteiger partial charge in [0.05, 0.1) is 13.2 Å². The number of benzene rings is 1. The van der Waals surface area contributed by atoms with Crippen molar-refractivity contribution in [1.82, 2.24) is 10.2 Å². The quantitative estimate of drug-likeness (QED) is 0.760. The van der Waals surface area contributed by atoms with Gasteiger partial charge in [0.1, 0.15) is 0 Å². The maximum atomic E-state index is 12.1. The standard InChI is InChI=1S/C15H23ClN2O3/c1-20-10-8-18(9-11-21-2)15(19)17-7-6-13-4-3-5-14(16)12-13/h3-5,12H,6-11H2,1-2H3,(H,17,19). The molecular formula is C15H23ClN2O3. The fourth-order valence-electron chi connectivity index (χ4n) is 1.84. The molecule has 0 fully saturated rings. The average Bonchev–Trinajstić information content (AvgIpc) is 2.47. The number of halogens is 1. The molecule has 0 unspecified atom stereocenters. The van der Waals surface area contributed by atoms with Crippen molar-refractivity contribution in [3.8, 4) is 0 Å². The molecular weight excluding hydrogens is 292 g/mol. The summed E-state index contributed by atoms with van der Waals surface area (Å²) in [5, 5.41) is 3.61. The zero-order valence-electron chi connectivity index (χ0n) is 12.6. The van der Waals surface area contributed by atoms with Crippen molar-refractivity contribution in [2.24, 2.45) is 0 Å². The van der Waals surface area contributed by atoms with E-state index in [1.165, 1.54) is 0 Å². The average molecular weight is 315 g/mol. The van der Waals surface area contributed by atoms with Crippen LogP contribution in [0.3, 0.4) is 0 Å². The first-order chi connectivity index (χ1) is 10.2. The molecule has 6 heteroatoms. The molecule has 0 aromatic heterocycles. The Balaban J connectivity index is 2.37. The summed E-state index contributed by atoms with van der Waals surface area (Å²) in [6.07, 6.45) is 0.745. The SMILES string of the molecule is COCCN(CCOC)C(=O)NCCc1cccc(Cl)c1. The predicted molar refractivity (Wildman–Crippen MR) is 83.9 cm³/mol. The van der Waals surface area contributed by atoms with Crippen LogP contribution in [0.5, 0.6) is 0 Å². The number of urea groups is 1. The molecule has 1 N–H and O–H groups in total. The molecule has 118 valence electrons. The van der Waals surface area contributed by atoms with Gasteiger partial charge in [-0.2, -0.15) is 0 Å². The number of methoxy groups -OCH3 is 2. The van der Waals surface area contributed by atoms with Gasteiger partial charge in [-0.3, -0.25) is 0 Å². The number of carbonyl (C=O) groups excluding carboxylic acids is 1. The lowest BCUT2D eigenvalue weighted by Crippen LogP contribution is -2.43. The molecule has 0 aliphatic carbocycles. The van der Waals surface area contributed by atoms with Crippen molar-refractivity contribution in [2.75, 3.05) is 47.1 Å². The van der Waals surface area contributed by atoms with Crippen molar-refractivity contribution in [3.05, 3.63) is 34.9 Å². The summed E-state index contributed by atoms with van der Waals surface area (Å²) in [6, 6.07) is 7.53. The van der Waals surface area contributed by atoms with Gasteiger partial charge in [-0.25, -0.2) is 4.79 Å². The molecule has 1 rings (SSSR count). The number of ether oxygens (including phenoxy) is 2. The third-order valence-electron chi connectivity index (χ3n) is 3.00. The van der Waals surface area contributed by atoms with Crippen LogP contribution in [0.2, 0.25) is 5.02 Å². The first kappa shape index (κ1) is 17.8. The fraction of sp³-hybridized carbons (Fsp3) is 0.533. The fourth-order valence-corrected chi connectivity index (χ4v) is 2.05. The number of nitrogens with zero attached hydrogens (tertiary/aromatic N) is 1. The van der Waals surface area contributed by atoms with E-state index in [1.807, 2.05) is 24.3 Å². The van der Waals surface area contributed by atoms with Gasteiger partial charge < -0.3 is 19.7 Å². The lowest BCUT2D eigenvalue weighted by atomic mass is 10.1. The van der Waals surface area contributed by atoms with Gasteiger partial charge in [0.15, 0.2) is 0 Å². The molecule has 0 aliphatic rings. The highest BCUT2D eigenvalue weighted by molar-refractivity contribution is 6.30. The maximum Gasteiger partial charge on any atom is 0.317 e. The Bertz CT molecular complexity index is 421. The molecule has 0 radical (unpaired) electrons. The van der Waals surface area contributed by atoms with E-state index in [2.05, 4.69) is 5.32 Å². The van der Waals surface area contributed by atoms with E-state index in [0.717, 1.165) is 12.0 Å². The molecule has 0 saturated carbocycles. The summed E-state index contributed by atoms with van der Waals surface area (Å²) in [6.45, 7) is 2.66. The van der Waals surface area contributed by atoms with E-state index >= 15 is 0 Å². The van der Waals surface area contributed by atoms with Crippen LogP contribution in [-0.4, -0.2) is 58.0 Å². The highest BCUT2D eigenvalue weighted by Gasteiger charge is 2.12. The largest absolute Gasteiger partial charge is 0.383 e. The number of nitrogens with one attached hydrogen (secondary N) is 1. The zero-order chi connectivity index (χ0) is 15.5. The van der Waals surface area contributed by atoms with Crippen molar-refractivity contribution in [2.45, 2.75) is 6.42 Å². The molecule has 1 aromatic rings. The molecule has 1 aromatic carbocycles. The second-order valence-electron chi connectivity index (χ2n) is 4.58. The second-order valence-corrected chi connectivity index (χ2v) is 5.02. The Labute approximate surface area is 131 Å². The summed E-state index contributed by atoms with van der Waals surface area (Å²) in [5.41, 5.74) is 1.10. The van der Waals surface area contributed by atoms with E-state index in [0.29, 0.717) is 37.9 Å². The Morgan fingerprint density at radius 2 is 1.90 bits per heavy atom. The van der Waals surface area contributed by atoms with Crippen LogP contribution in [0.15, 0.2) is 24.3 Å². The minimum Gasteiger partial charge on any atom is -0.383 e. The highest BCUT2D eigenvalue weighted by atomic mass is 35.5.